The largest absolute Gasteiger partial charge is 0.497 e. The minimum absolute atomic E-state index is 0.00797. The lowest BCUT2D eigenvalue weighted by atomic mass is 9.95. The molecule has 2 aromatic carbocycles. The van der Waals surface area contributed by atoms with Crippen molar-refractivity contribution in [1.29, 1.82) is 0 Å². The maximum absolute atomic E-state index is 13.7. The highest BCUT2D eigenvalue weighted by molar-refractivity contribution is 5.92. The summed E-state index contributed by atoms with van der Waals surface area (Å²) in [6, 6.07) is 10.4. The van der Waals surface area contributed by atoms with Gasteiger partial charge in [-0.3, -0.25) is 9.59 Å². The molecule has 0 unspecified atom stereocenters. The van der Waals surface area contributed by atoms with Gasteiger partial charge in [0.2, 0.25) is 11.8 Å². The Morgan fingerprint density at radius 2 is 1.79 bits per heavy atom. The molecule has 1 fully saturated rings. The third-order valence-electron chi connectivity index (χ3n) is 4.92. The summed E-state index contributed by atoms with van der Waals surface area (Å²) in [5, 5.41) is 2.51. The molecule has 2 amide bonds. The first-order chi connectivity index (χ1) is 13.5. The van der Waals surface area contributed by atoms with Crippen LogP contribution in [0.3, 0.4) is 0 Å². The van der Waals surface area contributed by atoms with Gasteiger partial charge in [-0.05, 0) is 42.7 Å². The third kappa shape index (κ3) is 4.85. The molecule has 1 N–H and O–H groups in total. The van der Waals surface area contributed by atoms with Crippen LogP contribution in [0, 0.1) is 17.6 Å². The van der Waals surface area contributed by atoms with Crippen LogP contribution in [0.15, 0.2) is 42.5 Å². The Morgan fingerprint density at radius 3 is 2.39 bits per heavy atom. The van der Waals surface area contributed by atoms with Gasteiger partial charge >= 0.3 is 0 Å². The average Bonchev–Trinajstić information content (AvgIpc) is 2.70. The Morgan fingerprint density at radius 1 is 1.11 bits per heavy atom. The maximum atomic E-state index is 13.7. The summed E-state index contributed by atoms with van der Waals surface area (Å²) < 4.78 is 31.7. The van der Waals surface area contributed by atoms with E-state index in [0.29, 0.717) is 32.4 Å². The van der Waals surface area contributed by atoms with Crippen molar-refractivity contribution < 1.29 is 23.1 Å². The Kier molecular flexibility index (Phi) is 6.23. The fraction of sp³-hybridized carbons (Fsp3) is 0.333. The average molecular weight is 388 g/mol. The predicted molar refractivity (Wildman–Crippen MR) is 101 cm³/mol. The number of nitrogens with one attached hydrogen (secondary N) is 1. The van der Waals surface area contributed by atoms with E-state index in [1.807, 2.05) is 24.3 Å². The smallest absolute Gasteiger partial charge is 0.227 e. The van der Waals surface area contributed by atoms with Crippen LogP contribution < -0.4 is 10.1 Å². The van der Waals surface area contributed by atoms with Crippen LogP contribution in [-0.2, 0) is 16.0 Å². The van der Waals surface area contributed by atoms with Crippen molar-refractivity contribution >= 4 is 17.5 Å². The molecule has 1 aliphatic heterocycles. The highest BCUT2D eigenvalue weighted by Crippen LogP contribution is 2.22. The summed E-state index contributed by atoms with van der Waals surface area (Å²) in [5.41, 5.74) is 0.863. The van der Waals surface area contributed by atoms with Crippen molar-refractivity contribution in [2.75, 3.05) is 25.5 Å². The number of benzene rings is 2. The molecule has 7 heteroatoms. The standard InChI is InChI=1S/C21H22F2N2O3/c1-28-17-5-2-14(3-6-17)12-20(26)25-10-8-15(9-11-25)21(27)24-19-7-4-16(22)13-18(19)23/h2-7,13,15H,8-12H2,1H3,(H,24,27). The lowest BCUT2D eigenvalue weighted by Crippen LogP contribution is -2.42. The molecule has 0 aliphatic carbocycles. The van der Waals surface area contributed by atoms with E-state index in [-0.39, 0.29) is 23.4 Å². The van der Waals surface area contributed by atoms with Crippen molar-refractivity contribution in [2.45, 2.75) is 19.3 Å². The van der Waals surface area contributed by atoms with Gasteiger partial charge in [0, 0.05) is 25.1 Å². The number of methoxy groups -OCH3 is 1. The molecule has 0 atom stereocenters. The minimum Gasteiger partial charge on any atom is -0.497 e. The van der Waals surface area contributed by atoms with Crippen molar-refractivity contribution in [3.8, 4) is 5.75 Å². The van der Waals surface area contributed by atoms with Gasteiger partial charge in [0.15, 0.2) is 0 Å². The maximum Gasteiger partial charge on any atom is 0.227 e. The van der Waals surface area contributed by atoms with Crippen LogP contribution in [0.2, 0.25) is 0 Å². The highest BCUT2D eigenvalue weighted by atomic mass is 19.1. The van der Waals surface area contributed by atoms with Crippen molar-refractivity contribution in [1.82, 2.24) is 4.90 Å². The number of amides is 2. The van der Waals surface area contributed by atoms with Gasteiger partial charge in [-0.25, -0.2) is 8.78 Å². The fourth-order valence-electron chi connectivity index (χ4n) is 3.25. The number of ether oxygens (including phenoxy) is 1. The molecule has 5 nitrogen and oxygen atoms in total. The molecule has 1 aliphatic rings. The number of piperidine rings is 1. The molecule has 148 valence electrons. The fourth-order valence-corrected chi connectivity index (χ4v) is 3.25. The zero-order chi connectivity index (χ0) is 20.1. The van der Waals surface area contributed by atoms with Gasteiger partial charge < -0.3 is 15.0 Å². The molecule has 3 rings (SSSR count). The normalized spacial score (nSPS) is 14.6. The molecule has 1 saturated heterocycles. The van der Waals surface area contributed by atoms with E-state index in [4.69, 9.17) is 4.74 Å². The summed E-state index contributed by atoms with van der Waals surface area (Å²) in [5.74, 6) is -1.38. The summed E-state index contributed by atoms with van der Waals surface area (Å²) in [6.45, 7) is 0.942. The number of halogens is 2. The zero-order valence-corrected chi connectivity index (χ0v) is 15.6. The molecular formula is C21H22F2N2O3. The van der Waals surface area contributed by atoms with E-state index in [1.165, 1.54) is 6.07 Å². The van der Waals surface area contributed by atoms with Gasteiger partial charge in [-0.2, -0.15) is 0 Å². The van der Waals surface area contributed by atoms with Crippen LogP contribution in [0.4, 0.5) is 14.5 Å². The number of carbonyl (C=O) groups is 2. The van der Waals surface area contributed by atoms with Crippen LogP contribution in [0.5, 0.6) is 5.75 Å². The number of hydrogen-bond acceptors (Lipinski definition) is 3. The Bertz CT molecular complexity index is 847. The van der Waals surface area contributed by atoms with E-state index in [9.17, 15) is 18.4 Å². The van der Waals surface area contributed by atoms with Gasteiger partial charge in [0.05, 0.1) is 19.2 Å². The van der Waals surface area contributed by atoms with Crippen LogP contribution >= 0.6 is 0 Å². The van der Waals surface area contributed by atoms with Gasteiger partial charge in [-0.15, -0.1) is 0 Å². The second-order valence-electron chi connectivity index (χ2n) is 6.79. The number of hydrogen-bond donors (Lipinski definition) is 1. The topological polar surface area (TPSA) is 58.6 Å². The van der Waals surface area contributed by atoms with Crippen molar-refractivity contribution in [3.05, 3.63) is 59.7 Å². The van der Waals surface area contributed by atoms with Crippen LogP contribution in [0.1, 0.15) is 18.4 Å². The van der Waals surface area contributed by atoms with E-state index in [0.717, 1.165) is 23.4 Å². The monoisotopic (exact) mass is 388 g/mol. The molecule has 0 aromatic heterocycles. The van der Waals surface area contributed by atoms with Gasteiger partial charge in [0.1, 0.15) is 17.4 Å². The summed E-state index contributed by atoms with van der Waals surface area (Å²) >= 11 is 0. The molecule has 0 bridgehead atoms. The first kappa shape index (κ1) is 19.8. The third-order valence-corrected chi connectivity index (χ3v) is 4.92. The second kappa shape index (κ2) is 8.82. The highest BCUT2D eigenvalue weighted by Gasteiger charge is 2.27. The van der Waals surface area contributed by atoms with Crippen molar-refractivity contribution in [2.24, 2.45) is 5.92 Å². The Hall–Kier alpha value is -2.96. The lowest BCUT2D eigenvalue weighted by molar-refractivity contribution is -0.133. The van der Waals surface area contributed by atoms with Gasteiger partial charge in [0.25, 0.3) is 0 Å². The first-order valence-electron chi connectivity index (χ1n) is 9.13. The molecule has 1 heterocycles. The number of carbonyl (C=O) groups excluding carboxylic acids is 2. The summed E-state index contributed by atoms with van der Waals surface area (Å²) in [7, 11) is 1.59. The summed E-state index contributed by atoms with van der Waals surface area (Å²) in [4.78, 5) is 26.6. The predicted octanol–water partition coefficient (Wildman–Crippen LogP) is 3.39. The molecule has 0 radical (unpaired) electrons. The minimum atomic E-state index is -0.805. The van der Waals surface area contributed by atoms with E-state index in [1.54, 1.807) is 12.0 Å². The molecule has 0 spiro atoms. The molecule has 28 heavy (non-hydrogen) atoms. The van der Waals surface area contributed by atoms with Crippen LogP contribution in [0.25, 0.3) is 0 Å². The van der Waals surface area contributed by atoms with Crippen molar-refractivity contribution in [3.63, 3.8) is 0 Å². The van der Waals surface area contributed by atoms with E-state index < -0.39 is 11.6 Å². The Balaban J connectivity index is 1.50. The van der Waals surface area contributed by atoms with Crippen LogP contribution in [-0.4, -0.2) is 36.9 Å². The molecule has 2 aromatic rings. The summed E-state index contributed by atoms with van der Waals surface area (Å²) in [6.07, 6.45) is 1.30. The lowest BCUT2D eigenvalue weighted by Gasteiger charge is -2.31. The first-order valence-corrected chi connectivity index (χ1v) is 9.13. The quantitative estimate of drug-likeness (QED) is 0.854. The number of nitrogens with zero attached hydrogens (tertiary/aromatic N) is 1. The van der Waals surface area contributed by atoms with E-state index in [2.05, 4.69) is 5.32 Å². The number of rotatable bonds is 5. The number of likely N-dealkylation sites (tertiary alicyclic amines) is 1. The number of anilines is 1. The molecular weight excluding hydrogens is 366 g/mol. The SMILES string of the molecule is COc1ccc(CC(=O)N2CCC(C(=O)Nc3ccc(F)cc3F)CC2)cc1. The van der Waals surface area contributed by atoms with Gasteiger partial charge in [-0.1, -0.05) is 12.1 Å². The molecule has 0 saturated carbocycles. The van der Waals surface area contributed by atoms with E-state index >= 15 is 0 Å². The Labute approximate surface area is 162 Å². The zero-order valence-electron chi connectivity index (χ0n) is 15.6. The second-order valence-corrected chi connectivity index (χ2v) is 6.79.